The average Bonchev–Trinajstić information content (AvgIpc) is 2.44. The second kappa shape index (κ2) is 7.43. The van der Waals surface area contributed by atoms with E-state index < -0.39 is 0 Å². The molecule has 0 aliphatic heterocycles. The van der Waals surface area contributed by atoms with Crippen LogP contribution in [0.4, 0.5) is 0 Å². The summed E-state index contributed by atoms with van der Waals surface area (Å²) in [6, 6.07) is 14.8. The summed E-state index contributed by atoms with van der Waals surface area (Å²) in [6.45, 7) is 2.68. The van der Waals surface area contributed by atoms with Crippen molar-refractivity contribution < 1.29 is 4.74 Å². The fourth-order valence-electron chi connectivity index (χ4n) is 2.19. The van der Waals surface area contributed by atoms with Gasteiger partial charge in [0.1, 0.15) is 5.75 Å². The summed E-state index contributed by atoms with van der Waals surface area (Å²) in [5.74, 6) is 0.909. The van der Waals surface area contributed by atoms with Crippen LogP contribution >= 0.6 is 38.5 Å². The summed E-state index contributed by atoms with van der Waals surface area (Å²) < 4.78 is 7.92. The van der Waals surface area contributed by atoms with Gasteiger partial charge in [-0.1, -0.05) is 28.1 Å². The summed E-state index contributed by atoms with van der Waals surface area (Å²) in [6.07, 6.45) is 0. The summed E-state index contributed by atoms with van der Waals surface area (Å²) in [7, 11) is 1.98. The number of hydrogen-bond donors (Lipinski definition) is 1. The summed E-state index contributed by atoms with van der Waals surface area (Å²) in [5.41, 5.74) is 2.43. The van der Waals surface area contributed by atoms with Crippen molar-refractivity contribution in [1.82, 2.24) is 5.32 Å². The maximum Gasteiger partial charge on any atom is 0.119 e. The van der Waals surface area contributed by atoms with E-state index in [4.69, 9.17) is 4.74 Å². The highest BCUT2D eigenvalue weighted by atomic mass is 127. The summed E-state index contributed by atoms with van der Waals surface area (Å²) in [5, 5.41) is 3.38. The van der Waals surface area contributed by atoms with Crippen LogP contribution in [0.1, 0.15) is 24.1 Å². The number of nitrogens with one attached hydrogen (secondary N) is 1. The fourth-order valence-corrected chi connectivity index (χ4v) is 3.18. The van der Waals surface area contributed by atoms with Crippen molar-refractivity contribution in [3.8, 4) is 5.75 Å². The molecule has 0 saturated heterocycles. The Morgan fingerprint density at radius 3 is 2.75 bits per heavy atom. The van der Waals surface area contributed by atoms with Crippen molar-refractivity contribution in [2.45, 2.75) is 13.0 Å². The molecule has 0 radical (unpaired) electrons. The highest BCUT2D eigenvalue weighted by Gasteiger charge is 2.16. The Kier molecular flexibility index (Phi) is 5.86. The molecule has 0 aromatic heterocycles. The van der Waals surface area contributed by atoms with Gasteiger partial charge in [0, 0.05) is 8.04 Å². The molecule has 0 aliphatic carbocycles. The highest BCUT2D eigenvalue weighted by molar-refractivity contribution is 14.1. The number of halogens is 2. The van der Waals surface area contributed by atoms with Gasteiger partial charge in [-0.25, -0.2) is 0 Å². The van der Waals surface area contributed by atoms with Crippen LogP contribution in [0, 0.1) is 3.57 Å². The molecule has 2 aromatic carbocycles. The highest BCUT2D eigenvalue weighted by Crippen LogP contribution is 2.31. The first-order chi connectivity index (χ1) is 9.65. The van der Waals surface area contributed by atoms with Crippen LogP contribution in [0.3, 0.4) is 0 Å². The van der Waals surface area contributed by atoms with Gasteiger partial charge in [-0.05, 0) is 78.0 Å². The van der Waals surface area contributed by atoms with Gasteiger partial charge in [0.2, 0.25) is 0 Å². The van der Waals surface area contributed by atoms with Gasteiger partial charge in [-0.2, -0.15) is 0 Å². The molecule has 1 N–H and O–H groups in total. The second-order valence-corrected chi connectivity index (χ2v) is 6.49. The minimum Gasteiger partial charge on any atom is -0.494 e. The van der Waals surface area contributed by atoms with Gasteiger partial charge >= 0.3 is 0 Å². The third kappa shape index (κ3) is 3.74. The Bertz CT molecular complexity index is 588. The van der Waals surface area contributed by atoms with Crippen LogP contribution in [0.15, 0.2) is 46.9 Å². The van der Waals surface area contributed by atoms with E-state index in [0.717, 1.165) is 10.2 Å². The standard InChI is InChI=1S/C16H17BrINO/c1-3-20-13-6-4-5-11(9-13)16(19-2)14-10-12(18)7-8-15(14)17/h4-10,16,19H,3H2,1-2H3. The van der Waals surface area contributed by atoms with Crippen LogP contribution in [-0.4, -0.2) is 13.7 Å². The number of ether oxygens (including phenoxy) is 1. The van der Waals surface area contributed by atoms with Gasteiger partial charge in [-0.3, -0.25) is 0 Å². The molecule has 0 saturated carbocycles. The molecule has 2 rings (SSSR count). The lowest BCUT2D eigenvalue weighted by Gasteiger charge is -2.20. The summed E-state index contributed by atoms with van der Waals surface area (Å²) in [4.78, 5) is 0. The van der Waals surface area contributed by atoms with Gasteiger partial charge < -0.3 is 10.1 Å². The lowest BCUT2D eigenvalue weighted by atomic mass is 9.99. The third-order valence-corrected chi connectivity index (χ3v) is 4.45. The van der Waals surface area contributed by atoms with Crippen LogP contribution in [0.2, 0.25) is 0 Å². The Hall–Kier alpha value is -0.590. The Morgan fingerprint density at radius 2 is 2.05 bits per heavy atom. The zero-order chi connectivity index (χ0) is 14.5. The molecule has 4 heteroatoms. The second-order valence-electron chi connectivity index (χ2n) is 4.39. The molecule has 20 heavy (non-hydrogen) atoms. The third-order valence-electron chi connectivity index (χ3n) is 3.06. The van der Waals surface area contributed by atoms with E-state index in [1.807, 2.05) is 26.1 Å². The molecule has 1 unspecified atom stereocenters. The van der Waals surface area contributed by atoms with Gasteiger partial charge in [0.15, 0.2) is 0 Å². The van der Waals surface area contributed by atoms with E-state index in [-0.39, 0.29) is 6.04 Å². The minimum absolute atomic E-state index is 0.138. The predicted molar refractivity (Wildman–Crippen MR) is 95.4 cm³/mol. The zero-order valence-corrected chi connectivity index (χ0v) is 15.2. The molecule has 0 amide bonds. The van der Waals surface area contributed by atoms with Crippen molar-refractivity contribution in [1.29, 1.82) is 0 Å². The maximum absolute atomic E-state index is 5.59. The number of hydrogen-bond acceptors (Lipinski definition) is 2. The van der Waals surface area contributed by atoms with Crippen molar-refractivity contribution >= 4 is 38.5 Å². The van der Waals surface area contributed by atoms with Crippen LogP contribution in [0.5, 0.6) is 5.75 Å². The van der Waals surface area contributed by atoms with Gasteiger partial charge in [-0.15, -0.1) is 0 Å². The number of benzene rings is 2. The van der Waals surface area contributed by atoms with Gasteiger partial charge in [0.05, 0.1) is 12.6 Å². The van der Waals surface area contributed by atoms with Crippen molar-refractivity contribution in [2.75, 3.05) is 13.7 Å². The van der Waals surface area contributed by atoms with Crippen molar-refractivity contribution in [2.24, 2.45) is 0 Å². The van der Waals surface area contributed by atoms with E-state index in [1.54, 1.807) is 0 Å². The monoisotopic (exact) mass is 445 g/mol. The van der Waals surface area contributed by atoms with Crippen molar-refractivity contribution in [3.63, 3.8) is 0 Å². The van der Waals surface area contributed by atoms with Crippen LogP contribution in [-0.2, 0) is 0 Å². The van der Waals surface area contributed by atoms with Crippen LogP contribution < -0.4 is 10.1 Å². The van der Waals surface area contributed by atoms with Crippen molar-refractivity contribution in [3.05, 3.63) is 61.6 Å². The minimum atomic E-state index is 0.138. The lowest BCUT2D eigenvalue weighted by molar-refractivity contribution is 0.339. The van der Waals surface area contributed by atoms with Crippen LogP contribution in [0.25, 0.3) is 0 Å². The molecule has 0 bridgehead atoms. The van der Waals surface area contributed by atoms with E-state index in [0.29, 0.717) is 6.61 Å². The lowest BCUT2D eigenvalue weighted by Crippen LogP contribution is -2.18. The van der Waals surface area contributed by atoms with E-state index in [1.165, 1.54) is 14.7 Å². The Morgan fingerprint density at radius 1 is 1.25 bits per heavy atom. The SMILES string of the molecule is CCOc1cccc(C(NC)c2cc(I)ccc2Br)c1. The first-order valence-electron chi connectivity index (χ1n) is 6.50. The topological polar surface area (TPSA) is 21.3 Å². The largest absolute Gasteiger partial charge is 0.494 e. The summed E-state index contributed by atoms with van der Waals surface area (Å²) >= 11 is 5.98. The Balaban J connectivity index is 2.41. The molecule has 106 valence electrons. The van der Waals surface area contributed by atoms with Gasteiger partial charge in [0.25, 0.3) is 0 Å². The smallest absolute Gasteiger partial charge is 0.119 e. The van der Waals surface area contributed by atoms with E-state index in [9.17, 15) is 0 Å². The predicted octanol–water partition coefficient (Wildman–Crippen LogP) is 4.76. The molecule has 0 spiro atoms. The molecule has 0 aliphatic rings. The maximum atomic E-state index is 5.59. The van der Waals surface area contributed by atoms with E-state index >= 15 is 0 Å². The van der Waals surface area contributed by atoms with E-state index in [2.05, 4.69) is 74.2 Å². The normalized spacial score (nSPS) is 12.2. The fraction of sp³-hybridized carbons (Fsp3) is 0.250. The molecule has 1 atom stereocenters. The average molecular weight is 446 g/mol. The molecule has 2 aromatic rings. The zero-order valence-electron chi connectivity index (χ0n) is 11.5. The quantitative estimate of drug-likeness (QED) is 0.670. The molecular weight excluding hydrogens is 429 g/mol. The Labute approximate surface area is 142 Å². The molecule has 0 fully saturated rings. The number of rotatable bonds is 5. The first kappa shape index (κ1) is 15.8. The first-order valence-corrected chi connectivity index (χ1v) is 8.38. The molecule has 0 heterocycles. The molecule has 2 nitrogen and oxygen atoms in total. The molecular formula is C16H17BrINO.